The molecule has 2 rings (SSSR count). The van der Waals surface area contributed by atoms with Gasteiger partial charge in [0, 0.05) is 11.4 Å². The van der Waals surface area contributed by atoms with E-state index in [1.807, 2.05) is 5.38 Å². The molecule has 0 aliphatic heterocycles. The van der Waals surface area contributed by atoms with Crippen molar-refractivity contribution in [3.63, 3.8) is 0 Å². The number of nitrogens with zero attached hydrogens (tertiary/aromatic N) is 1. The van der Waals surface area contributed by atoms with Crippen LogP contribution in [-0.4, -0.2) is 11.0 Å². The maximum Gasteiger partial charge on any atom is 0.183 e. The van der Waals surface area contributed by atoms with E-state index in [2.05, 4.69) is 33.2 Å². The fraction of sp³-hybridized carbons (Fsp3) is 0.700. The van der Waals surface area contributed by atoms with Crippen molar-refractivity contribution in [2.24, 2.45) is 5.92 Å². The van der Waals surface area contributed by atoms with Gasteiger partial charge < -0.3 is 5.32 Å². The van der Waals surface area contributed by atoms with Crippen molar-refractivity contribution in [1.29, 1.82) is 0 Å². The molecule has 1 aromatic heterocycles. The van der Waals surface area contributed by atoms with Crippen LogP contribution in [0.2, 0.25) is 0 Å². The molecule has 14 heavy (non-hydrogen) atoms. The standard InChI is InChI=1S/C10H15BrN2S/c1-2-8(5-7-3-4-7)12-10-13-9(11)6-14-10/h6-8H,2-5H2,1H3,(H,12,13). The Hall–Kier alpha value is -0.0900. The van der Waals surface area contributed by atoms with E-state index in [9.17, 15) is 0 Å². The van der Waals surface area contributed by atoms with Gasteiger partial charge in [0.2, 0.25) is 0 Å². The lowest BCUT2D eigenvalue weighted by molar-refractivity contribution is 0.586. The first-order valence-electron chi connectivity index (χ1n) is 5.15. The maximum atomic E-state index is 4.35. The Kier molecular flexibility index (Phi) is 3.44. The van der Waals surface area contributed by atoms with Gasteiger partial charge >= 0.3 is 0 Å². The molecule has 0 radical (unpaired) electrons. The van der Waals surface area contributed by atoms with E-state index in [4.69, 9.17) is 0 Å². The lowest BCUT2D eigenvalue weighted by Crippen LogP contribution is -2.18. The molecular formula is C10H15BrN2S. The highest BCUT2D eigenvalue weighted by atomic mass is 79.9. The van der Waals surface area contributed by atoms with Crippen LogP contribution in [0.15, 0.2) is 9.98 Å². The third-order valence-electron chi connectivity index (χ3n) is 2.61. The van der Waals surface area contributed by atoms with E-state index in [0.29, 0.717) is 6.04 Å². The van der Waals surface area contributed by atoms with Gasteiger partial charge in [0.05, 0.1) is 0 Å². The van der Waals surface area contributed by atoms with Gasteiger partial charge in [0.25, 0.3) is 0 Å². The van der Waals surface area contributed by atoms with Gasteiger partial charge in [-0.05, 0) is 34.7 Å². The summed E-state index contributed by atoms with van der Waals surface area (Å²) in [6.07, 6.45) is 5.36. The van der Waals surface area contributed by atoms with Gasteiger partial charge in [-0.15, -0.1) is 11.3 Å². The smallest absolute Gasteiger partial charge is 0.183 e. The van der Waals surface area contributed by atoms with Crippen molar-refractivity contribution in [1.82, 2.24) is 4.98 Å². The second kappa shape index (κ2) is 4.62. The average Bonchev–Trinajstić information content (AvgIpc) is 2.89. The van der Waals surface area contributed by atoms with Crippen molar-refractivity contribution in [3.05, 3.63) is 9.98 Å². The molecule has 0 spiro atoms. The van der Waals surface area contributed by atoms with Crippen LogP contribution in [0.25, 0.3) is 0 Å². The number of thiazole rings is 1. The summed E-state index contributed by atoms with van der Waals surface area (Å²) in [6, 6.07) is 0.612. The van der Waals surface area contributed by atoms with E-state index in [1.54, 1.807) is 11.3 Å². The number of hydrogen-bond donors (Lipinski definition) is 1. The number of halogens is 1. The highest BCUT2D eigenvalue weighted by Gasteiger charge is 2.24. The molecule has 1 aromatic rings. The first kappa shape index (κ1) is 10.4. The van der Waals surface area contributed by atoms with Crippen LogP contribution in [-0.2, 0) is 0 Å². The van der Waals surface area contributed by atoms with Gasteiger partial charge in [0.1, 0.15) is 4.60 Å². The van der Waals surface area contributed by atoms with Gasteiger partial charge in [-0.25, -0.2) is 4.98 Å². The Morgan fingerprint density at radius 3 is 3.00 bits per heavy atom. The quantitative estimate of drug-likeness (QED) is 0.881. The van der Waals surface area contributed by atoms with E-state index < -0.39 is 0 Å². The summed E-state index contributed by atoms with van der Waals surface area (Å²) in [5, 5.41) is 6.56. The van der Waals surface area contributed by atoms with Crippen LogP contribution in [0.4, 0.5) is 5.13 Å². The lowest BCUT2D eigenvalue weighted by Gasteiger charge is -2.15. The van der Waals surface area contributed by atoms with Crippen LogP contribution in [0, 0.1) is 5.92 Å². The summed E-state index contributed by atoms with van der Waals surface area (Å²) in [4.78, 5) is 4.35. The molecule has 4 heteroatoms. The normalized spacial score (nSPS) is 18.1. The zero-order chi connectivity index (χ0) is 9.97. The van der Waals surface area contributed by atoms with Crippen LogP contribution in [0.5, 0.6) is 0 Å². The zero-order valence-corrected chi connectivity index (χ0v) is 10.7. The Balaban J connectivity index is 1.86. The minimum Gasteiger partial charge on any atom is -0.359 e. The first-order chi connectivity index (χ1) is 6.78. The Morgan fingerprint density at radius 1 is 1.71 bits per heavy atom. The van der Waals surface area contributed by atoms with Crippen molar-refractivity contribution in [2.45, 2.75) is 38.6 Å². The van der Waals surface area contributed by atoms with Crippen molar-refractivity contribution < 1.29 is 0 Å². The maximum absolute atomic E-state index is 4.35. The molecule has 1 saturated carbocycles. The third-order valence-corrected chi connectivity index (χ3v) is 4.09. The average molecular weight is 275 g/mol. The monoisotopic (exact) mass is 274 g/mol. The van der Waals surface area contributed by atoms with Gasteiger partial charge in [0.15, 0.2) is 5.13 Å². The van der Waals surface area contributed by atoms with Crippen LogP contribution >= 0.6 is 27.3 Å². The van der Waals surface area contributed by atoms with Crippen molar-refractivity contribution in [2.75, 3.05) is 5.32 Å². The van der Waals surface area contributed by atoms with Crippen molar-refractivity contribution in [3.8, 4) is 0 Å². The molecule has 2 nitrogen and oxygen atoms in total. The molecule has 1 atom stereocenters. The molecule has 0 bridgehead atoms. The third kappa shape index (κ3) is 2.95. The fourth-order valence-electron chi connectivity index (χ4n) is 1.58. The largest absolute Gasteiger partial charge is 0.359 e. The molecule has 0 aromatic carbocycles. The Bertz CT molecular complexity index is 296. The number of hydrogen-bond acceptors (Lipinski definition) is 3. The van der Waals surface area contributed by atoms with Crippen LogP contribution in [0.1, 0.15) is 32.6 Å². The summed E-state index contributed by atoms with van der Waals surface area (Å²) < 4.78 is 0.936. The summed E-state index contributed by atoms with van der Waals surface area (Å²) >= 11 is 5.04. The molecule has 1 aliphatic rings. The summed E-state index contributed by atoms with van der Waals surface area (Å²) in [6.45, 7) is 2.24. The van der Waals surface area contributed by atoms with Crippen LogP contribution < -0.4 is 5.32 Å². The highest BCUT2D eigenvalue weighted by Crippen LogP contribution is 2.35. The minimum atomic E-state index is 0.612. The summed E-state index contributed by atoms with van der Waals surface area (Å²) in [5.74, 6) is 0.982. The molecule has 1 unspecified atom stereocenters. The summed E-state index contributed by atoms with van der Waals surface area (Å²) in [5.41, 5.74) is 0. The summed E-state index contributed by atoms with van der Waals surface area (Å²) in [7, 11) is 0. The number of rotatable bonds is 5. The Morgan fingerprint density at radius 2 is 2.50 bits per heavy atom. The van der Waals surface area contributed by atoms with Crippen LogP contribution in [0.3, 0.4) is 0 Å². The highest BCUT2D eigenvalue weighted by molar-refractivity contribution is 9.10. The number of aromatic nitrogens is 1. The molecule has 0 amide bonds. The van der Waals surface area contributed by atoms with Gasteiger partial charge in [-0.3, -0.25) is 0 Å². The molecule has 1 fully saturated rings. The SMILES string of the molecule is CCC(CC1CC1)Nc1nc(Br)cs1. The van der Waals surface area contributed by atoms with Crippen molar-refractivity contribution >= 4 is 32.4 Å². The molecular weight excluding hydrogens is 260 g/mol. The predicted molar refractivity (Wildman–Crippen MR) is 64.9 cm³/mol. The molecule has 0 saturated heterocycles. The van der Waals surface area contributed by atoms with E-state index in [0.717, 1.165) is 15.7 Å². The second-order valence-electron chi connectivity index (χ2n) is 3.90. The van der Waals surface area contributed by atoms with Gasteiger partial charge in [-0.2, -0.15) is 0 Å². The molecule has 78 valence electrons. The van der Waals surface area contributed by atoms with E-state index in [1.165, 1.54) is 25.7 Å². The molecule has 1 N–H and O–H groups in total. The fourth-order valence-corrected chi connectivity index (χ4v) is 2.80. The minimum absolute atomic E-state index is 0.612. The lowest BCUT2D eigenvalue weighted by atomic mass is 10.1. The Labute approximate surface area is 97.3 Å². The predicted octanol–water partition coefficient (Wildman–Crippen LogP) is 3.90. The van der Waals surface area contributed by atoms with E-state index in [-0.39, 0.29) is 0 Å². The number of anilines is 1. The van der Waals surface area contributed by atoms with E-state index >= 15 is 0 Å². The second-order valence-corrected chi connectivity index (χ2v) is 5.57. The molecule has 1 aliphatic carbocycles. The first-order valence-corrected chi connectivity index (χ1v) is 6.82. The number of nitrogens with one attached hydrogen (secondary N) is 1. The zero-order valence-electron chi connectivity index (χ0n) is 8.29. The topological polar surface area (TPSA) is 24.9 Å². The van der Waals surface area contributed by atoms with Gasteiger partial charge in [-0.1, -0.05) is 19.8 Å². The molecule has 1 heterocycles.